The zero-order valence-corrected chi connectivity index (χ0v) is 15.0. The van der Waals surface area contributed by atoms with Gasteiger partial charge in [0.25, 0.3) is 5.91 Å². The van der Waals surface area contributed by atoms with Crippen LogP contribution in [0, 0.1) is 11.7 Å². The lowest BCUT2D eigenvalue weighted by atomic mass is 9.95. The van der Waals surface area contributed by atoms with Crippen molar-refractivity contribution in [1.29, 1.82) is 0 Å². The zero-order chi connectivity index (χ0) is 18.7. The van der Waals surface area contributed by atoms with Crippen molar-refractivity contribution in [2.24, 2.45) is 5.92 Å². The second kappa shape index (κ2) is 7.85. The Labute approximate surface area is 152 Å². The Bertz CT molecular complexity index is 693. The van der Waals surface area contributed by atoms with E-state index >= 15 is 0 Å². The van der Waals surface area contributed by atoms with E-state index in [-0.39, 0.29) is 29.2 Å². The highest BCUT2D eigenvalue weighted by atomic mass is 19.1. The van der Waals surface area contributed by atoms with Gasteiger partial charge in [-0.15, -0.1) is 0 Å². The highest BCUT2D eigenvalue weighted by Gasteiger charge is 2.32. The van der Waals surface area contributed by atoms with Gasteiger partial charge in [-0.05, 0) is 25.0 Å². The molecule has 0 radical (unpaired) electrons. The van der Waals surface area contributed by atoms with Gasteiger partial charge in [-0.1, -0.05) is 12.1 Å². The van der Waals surface area contributed by atoms with Crippen molar-refractivity contribution in [1.82, 2.24) is 14.7 Å². The van der Waals surface area contributed by atoms with Crippen LogP contribution >= 0.6 is 0 Å². The molecule has 2 heterocycles. The summed E-state index contributed by atoms with van der Waals surface area (Å²) in [4.78, 5) is 41.7. The van der Waals surface area contributed by atoms with Gasteiger partial charge in [0.1, 0.15) is 5.82 Å². The molecule has 2 aliphatic rings. The largest absolute Gasteiger partial charge is 0.343 e. The second-order valence-corrected chi connectivity index (χ2v) is 6.88. The SMILES string of the molecule is CC(=O)N1CCC(C(=O)N2CCN(C(=O)c3ccccc3F)CC2)CC1. The number of hydrogen-bond donors (Lipinski definition) is 0. The van der Waals surface area contributed by atoms with Crippen LogP contribution in [0.5, 0.6) is 0 Å². The van der Waals surface area contributed by atoms with Crippen LogP contribution in [-0.4, -0.2) is 71.7 Å². The summed E-state index contributed by atoms with van der Waals surface area (Å²) in [5.74, 6) is -0.750. The number of halogens is 1. The molecule has 0 aliphatic carbocycles. The normalized spacial score (nSPS) is 18.8. The molecule has 7 heteroatoms. The van der Waals surface area contributed by atoms with Crippen molar-refractivity contribution in [3.8, 4) is 0 Å². The Kier molecular flexibility index (Phi) is 5.54. The summed E-state index contributed by atoms with van der Waals surface area (Å²) in [5.41, 5.74) is 0.0730. The van der Waals surface area contributed by atoms with Gasteiger partial charge < -0.3 is 14.7 Å². The first-order valence-electron chi connectivity index (χ1n) is 9.05. The standard InChI is InChI=1S/C19H24FN3O3/c1-14(24)21-8-6-15(7-9-21)18(25)22-10-12-23(13-11-22)19(26)16-4-2-3-5-17(16)20/h2-5,15H,6-13H2,1H3. The van der Waals surface area contributed by atoms with Crippen molar-refractivity contribution in [2.75, 3.05) is 39.3 Å². The Morgan fingerprint density at radius 2 is 1.46 bits per heavy atom. The average Bonchev–Trinajstić information content (AvgIpc) is 2.67. The van der Waals surface area contributed by atoms with Gasteiger partial charge in [-0.3, -0.25) is 14.4 Å². The van der Waals surface area contributed by atoms with Crippen LogP contribution in [0.2, 0.25) is 0 Å². The number of carbonyl (C=O) groups is 3. The third-order valence-corrected chi connectivity index (χ3v) is 5.27. The van der Waals surface area contributed by atoms with E-state index in [1.54, 1.807) is 33.8 Å². The summed E-state index contributed by atoms with van der Waals surface area (Å²) in [7, 11) is 0. The maximum Gasteiger partial charge on any atom is 0.256 e. The van der Waals surface area contributed by atoms with Crippen LogP contribution in [-0.2, 0) is 9.59 Å². The highest BCUT2D eigenvalue weighted by molar-refractivity contribution is 5.94. The average molecular weight is 361 g/mol. The van der Waals surface area contributed by atoms with Gasteiger partial charge in [0.2, 0.25) is 11.8 Å². The van der Waals surface area contributed by atoms with Crippen molar-refractivity contribution in [3.63, 3.8) is 0 Å². The predicted octanol–water partition coefficient (Wildman–Crippen LogP) is 1.37. The molecule has 3 rings (SSSR count). The number of likely N-dealkylation sites (tertiary alicyclic amines) is 1. The quantitative estimate of drug-likeness (QED) is 0.799. The number of piperazine rings is 1. The summed E-state index contributed by atoms with van der Waals surface area (Å²) in [5, 5.41) is 0. The van der Waals surface area contributed by atoms with Crippen LogP contribution in [0.25, 0.3) is 0 Å². The predicted molar refractivity (Wildman–Crippen MR) is 93.9 cm³/mol. The Morgan fingerprint density at radius 1 is 0.885 bits per heavy atom. The first kappa shape index (κ1) is 18.4. The molecule has 6 nitrogen and oxygen atoms in total. The molecule has 0 spiro atoms. The third-order valence-electron chi connectivity index (χ3n) is 5.27. The maximum absolute atomic E-state index is 13.8. The molecule has 2 fully saturated rings. The number of carbonyl (C=O) groups excluding carboxylic acids is 3. The summed E-state index contributed by atoms with van der Waals surface area (Å²) in [6, 6.07) is 5.96. The minimum atomic E-state index is -0.520. The maximum atomic E-state index is 13.8. The lowest BCUT2D eigenvalue weighted by Gasteiger charge is -2.38. The molecular weight excluding hydrogens is 337 g/mol. The molecule has 1 aromatic rings. The molecule has 140 valence electrons. The molecule has 0 N–H and O–H groups in total. The first-order chi connectivity index (χ1) is 12.5. The summed E-state index contributed by atoms with van der Waals surface area (Å²) in [6.07, 6.45) is 1.37. The summed E-state index contributed by atoms with van der Waals surface area (Å²) >= 11 is 0. The number of piperidine rings is 1. The zero-order valence-electron chi connectivity index (χ0n) is 15.0. The van der Waals surface area contributed by atoms with Gasteiger partial charge in [0.15, 0.2) is 0 Å². The second-order valence-electron chi connectivity index (χ2n) is 6.88. The van der Waals surface area contributed by atoms with Crippen LogP contribution in [0.4, 0.5) is 4.39 Å². The lowest BCUT2D eigenvalue weighted by Crippen LogP contribution is -2.53. The topological polar surface area (TPSA) is 60.9 Å². The third kappa shape index (κ3) is 3.86. The van der Waals surface area contributed by atoms with Crippen LogP contribution in [0.1, 0.15) is 30.1 Å². The van der Waals surface area contributed by atoms with Gasteiger partial charge in [-0.2, -0.15) is 0 Å². The van der Waals surface area contributed by atoms with Gasteiger partial charge in [0.05, 0.1) is 5.56 Å². The Balaban J connectivity index is 1.52. The van der Waals surface area contributed by atoms with Gasteiger partial charge in [-0.25, -0.2) is 4.39 Å². The molecule has 0 aromatic heterocycles. The first-order valence-corrected chi connectivity index (χ1v) is 9.05. The molecule has 3 amide bonds. The minimum absolute atomic E-state index is 0.0520. The van der Waals surface area contributed by atoms with Crippen LogP contribution in [0.3, 0.4) is 0 Å². The van der Waals surface area contributed by atoms with E-state index in [4.69, 9.17) is 0 Å². The molecule has 0 bridgehead atoms. The van der Waals surface area contributed by atoms with Crippen molar-refractivity contribution in [2.45, 2.75) is 19.8 Å². The molecule has 26 heavy (non-hydrogen) atoms. The lowest BCUT2D eigenvalue weighted by molar-refractivity contribution is -0.141. The fourth-order valence-corrected chi connectivity index (χ4v) is 3.63. The van der Waals surface area contributed by atoms with E-state index in [0.717, 1.165) is 0 Å². The summed E-state index contributed by atoms with van der Waals surface area (Å²) < 4.78 is 13.8. The summed E-state index contributed by atoms with van der Waals surface area (Å²) in [6.45, 7) is 4.54. The van der Waals surface area contributed by atoms with Crippen LogP contribution < -0.4 is 0 Å². The molecule has 1 aromatic carbocycles. The van der Waals surface area contributed by atoms with E-state index in [1.807, 2.05) is 0 Å². The van der Waals surface area contributed by atoms with Crippen molar-refractivity contribution in [3.05, 3.63) is 35.6 Å². The molecule has 2 aliphatic heterocycles. The Morgan fingerprint density at radius 3 is 2.04 bits per heavy atom. The van der Waals surface area contributed by atoms with E-state index < -0.39 is 5.82 Å². The number of benzene rings is 1. The van der Waals surface area contributed by atoms with Gasteiger partial charge >= 0.3 is 0 Å². The number of rotatable bonds is 2. The molecular formula is C19H24FN3O3. The van der Waals surface area contributed by atoms with E-state index in [9.17, 15) is 18.8 Å². The van der Waals surface area contributed by atoms with E-state index in [2.05, 4.69) is 0 Å². The molecule has 0 atom stereocenters. The van der Waals surface area contributed by atoms with Gasteiger partial charge in [0, 0.05) is 52.1 Å². The monoisotopic (exact) mass is 361 g/mol. The highest BCUT2D eigenvalue weighted by Crippen LogP contribution is 2.21. The van der Waals surface area contributed by atoms with Crippen molar-refractivity contribution < 1.29 is 18.8 Å². The smallest absolute Gasteiger partial charge is 0.256 e. The van der Waals surface area contributed by atoms with Crippen molar-refractivity contribution >= 4 is 17.7 Å². The minimum Gasteiger partial charge on any atom is -0.343 e. The van der Waals surface area contributed by atoms with Crippen LogP contribution in [0.15, 0.2) is 24.3 Å². The Hall–Kier alpha value is -2.44. The molecule has 2 saturated heterocycles. The number of nitrogens with zero attached hydrogens (tertiary/aromatic N) is 3. The fourth-order valence-electron chi connectivity index (χ4n) is 3.63. The van der Waals surface area contributed by atoms with E-state index in [1.165, 1.54) is 12.1 Å². The fraction of sp³-hybridized carbons (Fsp3) is 0.526. The number of hydrogen-bond acceptors (Lipinski definition) is 3. The molecule has 0 unspecified atom stereocenters. The number of amides is 3. The molecule has 0 saturated carbocycles. The van der Waals surface area contributed by atoms with E-state index in [0.29, 0.717) is 52.1 Å².